The minimum atomic E-state index is 0.333. The van der Waals surface area contributed by atoms with Crippen molar-refractivity contribution in [2.45, 2.75) is 13.3 Å². The highest BCUT2D eigenvalue weighted by Crippen LogP contribution is 2.25. The second-order valence-electron chi connectivity index (χ2n) is 4.97. The van der Waals surface area contributed by atoms with Gasteiger partial charge in [0, 0.05) is 6.42 Å². The van der Waals surface area contributed by atoms with E-state index < -0.39 is 0 Å². The summed E-state index contributed by atoms with van der Waals surface area (Å²) in [4.78, 5) is 0. The number of hydrogen-bond acceptors (Lipinski definition) is 4. The zero-order chi connectivity index (χ0) is 16.1. The molecule has 23 heavy (non-hydrogen) atoms. The summed E-state index contributed by atoms with van der Waals surface area (Å²) in [5, 5.41) is 17.5. The number of nitriles is 1. The second-order valence-corrected chi connectivity index (χ2v) is 4.97. The van der Waals surface area contributed by atoms with Crippen molar-refractivity contribution in [2.75, 3.05) is 6.61 Å². The van der Waals surface area contributed by atoms with Gasteiger partial charge in [-0.15, -0.1) is 5.10 Å². The lowest BCUT2D eigenvalue weighted by Gasteiger charge is -2.12. The quantitative estimate of drug-likeness (QED) is 0.726. The van der Waals surface area contributed by atoms with E-state index in [1.165, 1.54) is 0 Å². The smallest absolute Gasteiger partial charge is 0.186 e. The van der Waals surface area contributed by atoms with Gasteiger partial charge in [-0.05, 0) is 24.6 Å². The summed E-state index contributed by atoms with van der Waals surface area (Å²) < 4.78 is 7.36. The average molecular weight is 304 g/mol. The molecule has 0 unspecified atom stereocenters. The van der Waals surface area contributed by atoms with Crippen molar-refractivity contribution >= 4 is 0 Å². The Bertz CT molecular complexity index is 834. The lowest BCUT2D eigenvalue weighted by atomic mass is 10.1. The number of nitrogens with zero attached hydrogens (tertiary/aromatic N) is 4. The number of aromatic nitrogens is 3. The first-order chi connectivity index (χ1) is 11.3. The van der Waals surface area contributed by atoms with Crippen LogP contribution < -0.4 is 4.74 Å². The van der Waals surface area contributed by atoms with Gasteiger partial charge in [0.15, 0.2) is 5.69 Å². The Kier molecular flexibility index (Phi) is 4.34. The van der Waals surface area contributed by atoms with Gasteiger partial charge in [0.05, 0.1) is 12.3 Å². The van der Waals surface area contributed by atoms with Crippen molar-refractivity contribution < 1.29 is 4.74 Å². The number of rotatable bonds is 5. The molecule has 114 valence electrons. The van der Waals surface area contributed by atoms with Gasteiger partial charge in [0.2, 0.25) is 0 Å². The van der Waals surface area contributed by atoms with Crippen molar-refractivity contribution in [2.24, 2.45) is 0 Å². The van der Waals surface area contributed by atoms with Gasteiger partial charge in [0.1, 0.15) is 17.5 Å². The Morgan fingerprint density at radius 1 is 1.09 bits per heavy atom. The molecule has 0 aliphatic rings. The number of hydrogen-bond donors (Lipinski definition) is 0. The molecule has 3 rings (SSSR count). The highest BCUT2D eigenvalue weighted by Gasteiger charge is 2.17. The molecule has 1 heterocycles. The number of ether oxygens (including phenoxy) is 1. The van der Waals surface area contributed by atoms with Crippen LogP contribution in [-0.2, 0) is 6.42 Å². The van der Waals surface area contributed by atoms with E-state index in [0.29, 0.717) is 18.7 Å². The monoisotopic (exact) mass is 304 g/mol. The standard InChI is InChI=1S/C18H16N4O/c1-2-23-18-11-7-6-10-16(18)22-17(15(13-19)20-21-22)12-14-8-4-3-5-9-14/h3-11H,2,12H2,1H3. The van der Waals surface area contributed by atoms with Crippen LogP contribution in [-0.4, -0.2) is 21.6 Å². The van der Waals surface area contributed by atoms with E-state index in [4.69, 9.17) is 4.74 Å². The summed E-state index contributed by atoms with van der Waals surface area (Å²) >= 11 is 0. The summed E-state index contributed by atoms with van der Waals surface area (Å²) in [6, 6.07) is 19.7. The zero-order valence-electron chi connectivity index (χ0n) is 12.8. The van der Waals surface area contributed by atoms with Gasteiger partial charge in [-0.3, -0.25) is 0 Å². The van der Waals surface area contributed by atoms with E-state index in [-0.39, 0.29) is 0 Å². The highest BCUT2D eigenvalue weighted by molar-refractivity contribution is 5.48. The van der Waals surface area contributed by atoms with E-state index >= 15 is 0 Å². The molecule has 0 bridgehead atoms. The van der Waals surface area contributed by atoms with Crippen LogP contribution in [0.25, 0.3) is 5.69 Å². The van der Waals surface area contributed by atoms with Crippen molar-refractivity contribution in [1.29, 1.82) is 5.26 Å². The fraction of sp³-hybridized carbons (Fsp3) is 0.167. The Hall–Kier alpha value is -3.13. The minimum absolute atomic E-state index is 0.333. The molecule has 0 amide bonds. The Labute approximate surface area is 134 Å². The van der Waals surface area contributed by atoms with Crippen molar-refractivity contribution in [3.8, 4) is 17.5 Å². The van der Waals surface area contributed by atoms with Crippen LogP contribution in [0.3, 0.4) is 0 Å². The zero-order valence-corrected chi connectivity index (χ0v) is 12.8. The van der Waals surface area contributed by atoms with Gasteiger partial charge in [0.25, 0.3) is 0 Å². The van der Waals surface area contributed by atoms with Crippen LogP contribution in [0, 0.1) is 11.3 Å². The molecule has 1 aromatic heterocycles. The van der Waals surface area contributed by atoms with E-state index in [1.807, 2.05) is 61.5 Å². The van der Waals surface area contributed by atoms with Crippen molar-refractivity contribution in [1.82, 2.24) is 15.0 Å². The SMILES string of the molecule is CCOc1ccccc1-n1nnc(C#N)c1Cc1ccccc1. The molecular weight excluding hydrogens is 288 g/mol. The maximum absolute atomic E-state index is 9.33. The number of benzene rings is 2. The fourth-order valence-electron chi connectivity index (χ4n) is 2.44. The first kappa shape index (κ1) is 14.8. The predicted octanol–water partition coefficient (Wildman–Crippen LogP) is 3.13. The first-order valence-electron chi connectivity index (χ1n) is 7.44. The Morgan fingerprint density at radius 2 is 1.83 bits per heavy atom. The Balaban J connectivity index is 2.08. The molecule has 0 aliphatic carbocycles. The molecule has 0 saturated heterocycles. The van der Waals surface area contributed by atoms with Gasteiger partial charge in [-0.1, -0.05) is 47.7 Å². The fourth-order valence-corrected chi connectivity index (χ4v) is 2.44. The van der Waals surface area contributed by atoms with Crippen LogP contribution in [0.4, 0.5) is 0 Å². The average Bonchev–Trinajstić information content (AvgIpc) is 2.99. The van der Waals surface area contributed by atoms with Gasteiger partial charge in [-0.25, -0.2) is 4.68 Å². The van der Waals surface area contributed by atoms with Crippen molar-refractivity contribution in [3.63, 3.8) is 0 Å². The van der Waals surface area contributed by atoms with Crippen LogP contribution >= 0.6 is 0 Å². The maximum atomic E-state index is 9.33. The molecule has 2 aromatic carbocycles. The molecule has 0 N–H and O–H groups in total. The normalized spacial score (nSPS) is 10.3. The minimum Gasteiger partial charge on any atom is -0.492 e. The molecule has 5 heteroatoms. The highest BCUT2D eigenvalue weighted by atomic mass is 16.5. The Morgan fingerprint density at radius 3 is 2.57 bits per heavy atom. The third-order valence-electron chi connectivity index (χ3n) is 3.48. The third-order valence-corrected chi connectivity index (χ3v) is 3.48. The summed E-state index contributed by atoms with van der Waals surface area (Å²) in [6.45, 7) is 2.49. The predicted molar refractivity (Wildman–Crippen MR) is 86.5 cm³/mol. The molecule has 0 radical (unpaired) electrons. The first-order valence-corrected chi connectivity index (χ1v) is 7.44. The molecule has 0 aliphatic heterocycles. The molecule has 0 atom stereocenters. The lowest BCUT2D eigenvalue weighted by Crippen LogP contribution is -2.07. The van der Waals surface area contributed by atoms with Crippen LogP contribution in [0.15, 0.2) is 54.6 Å². The summed E-state index contributed by atoms with van der Waals surface area (Å²) in [5.41, 5.74) is 2.97. The lowest BCUT2D eigenvalue weighted by molar-refractivity contribution is 0.338. The summed E-state index contributed by atoms with van der Waals surface area (Å²) in [5.74, 6) is 0.721. The van der Waals surface area contributed by atoms with Crippen LogP contribution in [0.2, 0.25) is 0 Å². The maximum Gasteiger partial charge on any atom is 0.186 e. The summed E-state index contributed by atoms with van der Waals surface area (Å²) in [6.07, 6.45) is 0.581. The second kappa shape index (κ2) is 6.75. The molecule has 0 fully saturated rings. The van der Waals surface area contributed by atoms with Crippen LogP contribution in [0.5, 0.6) is 5.75 Å². The molecule has 3 aromatic rings. The molecule has 5 nitrogen and oxygen atoms in total. The summed E-state index contributed by atoms with van der Waals surface area (Å²) in [7, 11) is 0. The van der Waals surface area contributed by atoms with E-state index in [0.717, 1.165) is 22.7 Å². The van der Waals surface area contributed by atoms with Gasteiger partial charge in [-0.2, -0.15) is 5.26 Å². The van der Waals surface area contributed by atoms with E-state index in [1.54, 1.807) is 4.68 Å². The number of para-hydroxylation sites is 2. The third kappa shape index (κ3) is 3.06. The molecular formula is C18H16N4O. The van der Waals surface area contributed by atoms with Gasteiger partial charge < -0.3 is 4.74 Å². The van der Waals surface area contributed by atoms with Gasteiger partial charge >= 0.3 is 0 Å². The molecule has 0 spiro atoms. The van der Waals surface area contributed by atoms with E-state index in [2.05, 4.69) is 16.4 Å². The van der Waals surface area contributed by atoms with Crippen LogP contribution in [0.1, 0.15) is 23.9 Å². The largest absolute Gasteiger partial charge is 0.492 e. The topological polar surface area (TPSA) is 63.7 Å². The molecule has 0 saturated carbocycles. The van der Waals surface area contributed by atoms with E-state index in [9.17, 15) is 5.26 Å². The van der Waals surface area contributed by atoms with Crippen molar-refractivity contribution in [3.05, 3.63) is 71.5 Å².